The van der Waals surface area contributed by atoms with Crippen molar-refractivity contribution in [1.82, 2.24) is 25.1 Å². The maximum atomic E-state index is 14.0. The number of carbonyl (C=O) groups excluding carboxylic acids is 1. The average Bonchev–Trinajstić information content (AvgIpc) is 3.33. The molecule has 2 amide bonds. The molecule has 2 aliphatic rings. The normalized spacial score (nSPS) is 18.8. The second-order valence-corrected chi connectivity index (χ2v) is 9.40. The van der Waals surface area contributed by atoms with E-state index in [9.17, 15) is 14.3 Å². The summed E-state index contributed by atoms with van der Waals surface area (Å²) >= 11 is 0. The van der Waals surface area contributed by atoms with Crippen LogP contribution >= 0.6 is 0 Å². The number of nitrogens with one attached hydrogen (secondary N) is 2. The van der Waals surface area contributed by atoms with E-state index in [-0.39, 0.29) is 18.0 Å². The average molecular weight is 494 g/mol. The Bertz CT molecular complexity index is 1270. The molecular weight excluding hydrogens is 461 g/mol. The first-order valence-corrected chi connectivity index (χ1v) is 12.5. The number of amides is 2. The number of halogens is 1. The maximum absolute atomic E-state index is 14.0. The molecule has 1 atom stereocenters. The van der Waals surface area contributed by atoms with Crippen LogP contribution in [0.3, 0.4) is 0 Å². The number of benzene rings is 1. The number of ether oxygens (including phenoxy) is 1. The van der Waals surface area contributed by atoms with Gasteiger partial charge in [0.05, 0.1) is 13.2 Å². The van der Waals surface area contributed by atoms with Gasteiger partial charge in [0.1, 0.15) is 17.2 Å². The number of aliphatic hydroxyl groups is 1. The SMILES string of the molecule is COc1ccc(F)cc1-c1ccnc2[nH]c(C3=CCN(C(=O)NCCN4CCC[C@H](O)C4)CC3)cc12. The molecule has 2 aliphatic heterocycles. The second-order valence-electron chi connectivity index (χ2n) is 9.40. The molecule has 4 heterocycles. The van der Waals surface area contributed by atoms with Gasteiger partial charge in [-0.3, -0.25) is 4.90 Å². The van der Waals surface area contributed by atoms with Gasteiger partial charge in [-0.05, 0) is 67.3 Å². The molecule has 0 radical (unpaired) electrons. The van der Waals surface area contributed by atoms with Crippen LogP contribution < -0.4 is 10.1 Å². The first-order valence-electron chi connectivity index (χ1n) is 12.5. The number of nitrogens with zero attached hydrogens (tertiary/aromatic N) is 3. The molecule has 0 unspecified atom stereocenters. The summed E-state index contributed by atoms with van der Waals surface area (Å²) in [7, 11) is 1.57. The van der Waals surface area contributed by atoms with Crippen molar-refractivity contribution >= 4 is 22.6 Å². The van der Waals surface area contributed by atoms with Gasteiger partial charge in [-0.2, -0.15) is 0 Å². The summed E-state index contributed by atoms with van der Waals surface area (Å²) < 4.78 is 19.5. The number of β-amino-alcohol motifs (C(OH)–C–C–N with tert-alkyl or cyclic N) is 1. The lowest BCUT2D eigenvalue weighted by molar-refractivity contribution is 0.0714. The zero-order chi connectivity index (χ0) is 25.1. The summed E-state index contributed by atoms with van der Waals surface area (Å²) in [5, 5.41) is 13.7. The molecule has 0 spiro atoms. The van der Waals surface area contributed by atoms with E-state index >= 15 is 0 Å². The van der Waals surface area contributed by atoms with Crippen molar-refractivity contribution in [3.8, 4) is 16.9 Å². The third-order valence-electron chi connectivity index (χ3n) is 7.01. The zero-order valence-electron chi connectivity index (χ0n) is 20.5. The molecule has 3 N–H and O–H groups in total. The van der Waals surface area contributed by atoms with Gasteiger partial charge in [0, 0.05) is 55.6 Å². The molecular formula is C27H32FN5O3. The van der Waals surface area contributed by atoms with Crippen molar-refractivity contribution in [2.75, 3.05) is 46.4 Å². The van der Waals surface area contributed by atoms with Gasteiger partial charge in [-0.1, -0.05) is 6.08 Å². The largest absolute Gasteiger partial charge is 0.496 e. The summed E-state index contributed by atoms with van der Waals surface area (Å²) in [5.41, 5.74) is 4.31. The molecule has 1 aromatic carbocycles. The summed E-state index contributed by atoms with van der Waals surface area (Å²) in [6, 6.07) is 8.32. The first-order chi connectivity index (χ1) is 17.5. The molecule has 9 heteroatoms. The van der Waals surface area contributed by atoms with Gasteiger partial charge >= 0.3 is 6.03 Å². The number of aliphatic hydroxyl groups excluding tert-OH is 1. The summed E-state index contributed by atoms with van der Waals surface area (Å²) in [5.74, 6) is 0.273. The Morgan fingerprint density at radius 3 is 2.94 bits per heavy atom. The zero-order valence-corrected chi connectivity index (χ0v) is 20.5. The molecule has 36 heavy (non-hydrogen) atoms. The quantitative estimate of drug-likeness (QED) is 0.488. The van der Waals surface area contributed by atoms with E-state index in [1.54, 1.807) is 24.3 Å². The summed E-state index contributed by atoms with van der Waals surface area (Å²) in [4.78, 5) is 24.5. The Balaban J connectivity index is 1.25. The fourth-order valence-corrected chi connectivity index (χ4v) is 5.09. The number of aromatic amines is 1. The number of aromatic nitrogens is 2. The van der Waals surface area contributed by atoms with Crippen molar-refractivity contribution < 1.29 is 19.0 Å². The lowest BCUT2D eigenvalue weighted by Gasteiger charge is -2.30. The minimum atomic E-state index is -0.326. The van der Waals surface area contributed by atoms with Crippen molar-refractivity contribution in [1.29, 1.82) is 0 Å². The number of hydrogen-bond donors (Lipinski definition) is 3. The fraction of sp³-hybridized carbons (Fsp3) is 0.407. The number of likely N-dealkylation sites (tertiary alicyclic amines) is 1. The number of piperidine rings is 1. The predicted octanol–water partition coefficient (Wildman–Crippen LogP) is 3.63. The van der Waals surface area contributed by atoms with Crippen molar-refractivity contribution in [2.45, 2.75) is 25.4 Å². The molecule has 8 nitrogen and oxygen atoms in total. The van der Waals surface area contributed by atoms with Gasteiger partial charge < -0.3 is 25.0 Å². The molecule has 0 aliphatic carbocycles. The topological polar surface area (TPSA) is 93.7 Å². The number of methoxy groups -OCH3 is 1. The standard InChI is InChI=1S/C27H32FN5O3/c1-36-25-5-4-19(28)15-22(25)21-6-9-29-26-23(21)16-24(31-26)18-7-12-33(13-8-18)27(35)30-10-14-32-11-2-3-20(34)17-32/h4-7,9,15-16,20,34H,2-3,8,10-14,17H2,1H3,(H,29,31)(H,30,35)/t20-/m0/s1. The molecule has 0 bridgehead atoms. The van der Waals surface area contributed by atoms with E-state index in [1.165, 1.54) is 12.1 Å². The monoisotopic (exact) mass is 493 g/mol. The van der Waals surface area contributed by atoms with Gasteiger partial charge in [-0.25, -0.2) is 14.2 Å². The highest BCUT2D eigenvalue weighted by atomic mass is 19.1. The van der Waals surface area contributed by atoms with Crippen LogP contribution in [0.25, 0.3) is 27.7 Å². The smallest absolute Gasteiger partial charge is 0.317 e. The second kappa shape index (κ2) is 10.7. The number of pyridine rings is 1. The van der Waals surface area contributed by atoms with Crippen LogP contribution in [0.5, 0.6) is 5.75 Å². The minimum Gasteiger partial charge on any atom is -0.496 e. The lowest BCUT2D eigenvalue weighted by Crippen LogP contribution is -2.46. The fourth-order valence-electron chi connectivity index (χ4n) is 5.09. The summed E-state index contributed by atoms with van der Waals surface area (Å²) in [6.45, 7) is 4.11. The molecule has 1 fully saturated rings. The number of urea groups is 1. The van der Waals surface area contributed by atoms with Crippen LogP contribution in [0, 0.1) is 5.82 Å². The predicted molar refractivity (Wildman–Crippen MR) is 137 cm³/mol. The third-order valence-corrected chi connectivity index (χ3v) is 7.01. The van der Waals surface area contributed by atoms with E-state index < -0.39 is 0 Å². The van der Waals surface area contributed by atoms with Crippen LogP contribution in [-0.4, -0.2) is 83.4 Å². The van der Waals surface area contributed by atoms with Crippen LogP contribution in [0.1, 0.15) is 25.0 Å². The Morgan fingerprint density at radius 1 is 1.28 bits per heavy atom. The number of rotatable bonds is 6. The minimum absolute atomic E-state index is 0.0679. The Labute approximate surface area is 209 Å². The van der Waals surface area contributed by atoms with E-state index in [0.717, 1.165) is 60.2 Å². The van der Waals surface area contributed by atoms with Crippen LogP contribution in [0.4, 0.5) is 9.18 Å². The van der Waals surface area contributed by atoms with E-state index in [0.29, 0.717) is 37.5 Å². The molecule has 2 aromatic heterocycles. The van der Waals surface area contributed by atoms with Crippen molar-refractivity contribution in [3.63, 3.8) is 0 Å². The van der Waals surface area contributed by atoms with Crippen molar-refractivity contribution in [2.24, 2.45) is 0 Å². The highest BCUT2D eigenvalue weighted by molar-refractivity contribution is 5.96. The molecule has 190 valence electrons. The Kier molecular flexibility index (Phi) is 7.20. The maximum Gasteiger partial charge on any atom is 0.317 e. The number of hydrogen-bond acceptors (Lipinski definition) is 5. The number of fused-ring (bicyclic) bond motifs is 1. The molecule has 0 saturated carbocycles. The van der Waals surface area contributed by atoms with Gasteiger partial charge in [0.2, 0.25) is 0 Å². The highest BCUT2D eigenvalue weighted by Crippen LogP contribution is 2.36. The lowest BCUT2D eigenvalue weighted by atomic mass is 10.0. The van der Waals surface area contributed by atoms with E-state index in [2.05, 4.69) is 26.3 Å². The van der Waals surface area contributed by atoms with Gasteiger partial charge in [0.15, 0.2) is 0 Å². The molecule has 3 aromatic rings. The van der Waals surface area contributed by atoms with E-state index in [1.807, 2.05) is 12.1 Å². The molecule has 1 saturated heterocycles. The Morgan fingerprint density at radius 2 is 2.17 bits per heavy atom. The number of carbonyl (C=O) groups is 1. The van der Waals surface area contributed by atoms with Crippen LogP contribution in [-0.2, 0) is 0 Å². The Hall–Kier alpha value is -3.43. The van der Waals surface area contributed by atoms with E-state index in [4.69, 9.17) is 4.74 Å². The first kappa shape index (κ1) is 24.3. The van der Waals surface area contributed by atoms with Gasteiger partial charge in [0.25, 0.3) is 0 Å². The third kappa shape index (κ3) is 5.22. The van der Waals surface area contributed by atoms with Crippen molar-refractivity contribution in [3.05, 3.63) is 54.1 Å². The summed E-state index contributed by atoms with van der Waals surface area (Å²) in [6.07, 6.45) is 6.09. The van der Waals surface area contributed by atoms with Gasteiger partial charge in [-0.15, -0.1) is 0 Å². The van der Waals surface area contributed by atoms with Crippen LogP contribution in [0.15, 0.2) is 42.6 Å². The van der Waals surface area contributed by atoms with Crippen LogP contribution in [0.2, 0.25) is 0 Å². The molecule has 5 rings (SSSR count). The number of H-pyrrole nitrogens is 1. The highest BCUT2D eigenvalue weighted by Gasteiger charge is 2.21.